The number of likely N-dealkylation sites (N-methyl/N-ethyl adjacent to an activating group) is 1. The van der Waals surface area contributed by atoms with Crippen LogP contribution < -0.4 is 5.32 Å². The monoisotopic (exact) mass is 239 g/mol. The molecule has 1 rings (SSSR count). The van der Waals surface area contributed by atoms with Crippen molar-refractivity contribution < 1.29 is 5.11 Å². The highest BCUT2D eigenvalue weighted by atomic mass is 32.2. The van der Waals surface area contributed by atoms with Crippen LogP contribution in [0, 0.1) is 0 Å². The Bertz CT molecular complexity index is 297. The molecule has 2 N–H and O–H groups in total. The number of thioether (sulfide) groups is 1. The lowest BCUT2D eigenvalue weighted by molar-refractivity contribution is 0.263. The van der Waals surface area contributed by atoms with Crippen molar-refractivity contribution in [2.45, 2.75) is 29.9 Å². The van der Waals surface area contributed by atoms with E-state index in [0.717, 1.165) is 6.54 Å². The molecule has 0 aliphatic rings. The van der Waals surface area contributed by atoms with Crippen molar-refractivity contribution >= 4 is 11.8 Å². The zero-order valence-corrected chi connectivity index (χ0v) is 11.1. The summed E-state index contributed by atoms with van der Waals surface area (Å²) in [6.45, 7) is 5.39. The van der Waals surface area contributed by atoms with Crippen LogP contribution in [-0.4, -0.2) is 30.6 Å². The molecule has 90 valence electrons. The highest BCUT2D eigenvalue weighted by molar-refractivity contribution is 7.99. The SMILES string of the molecule is CNCC(CO)c1ccc(SC(C)C)cc1. The summed E-state index contributed by atoms with van der Waals surface area (Å²) in [6, 6.07) is 8.50. The molecule has 1 aromatic carbocycles. The third kappa shape index (κ3) is 4.16. The summed E-state index contributed by atoms with van der Waals surface area (Å²) in [6.07, 6.45) is 0. The average molecular weight is 239 g/mol. The molecule has 2 nitrogen and oxygen atoms in total. The first kappa shape index (κ1) is 13.6. The Labute approximate surface area is 102 Å². The summed E-state index contributed by atoms with van der Waals surface area (Å²) in [4.78, 5) is 1.29. The molecule has 0 aromatic heterocycles. The molecule has 0 heterocycles. The Morgan fingerprint density at radius 1 is 1.25 bits per heavy atom. The molecule has 0 radical (unpaired) electrons. The van der Waals surface area contributed by atoms with Gasteiger partial charge in [0.15, 0.2) is 0 Å². The molecule has 0 saturated carbocycles. The smallest absolute Gasteiger partial charge is 0.0511 e. The highest BCUT2D eigenvalue weighted by Crippen LogP contribution is 2.24. The molecular formula is C13H21NOS. The van der Waals surface area contributed by atoms with Gasteiger partial charge in [0.05, 0.1) is 6.61 Å². The standard InChI is InChI=1S/C13H21NOS/c1-10(2)16-13-6-4-11(5-7-13)12(9-15)8-14-3/h4-7,10,12,14-15H,8-9H2,1-3H3. The van der Waals surface area contributed by atoms with Gasteiger partial charge in [-0.15, -0.1) is 11.8 Å². The quantitative estimate of drug-likeness (QED) is 0.748. The van der Waals surface area contributed by atoms with E-state index in [2.05, 4.69) is 43.4 Å². The third-order valence-corrected chi connectivity index (χ3v) is 3.41. The molecule has 1 aromatic rings. The van der Waals surface area contributed by atoms with E-state index in [9.17, 15) is 5.11 Å². The minimum atomic E-state index is 0.192. The van der Waals surface area contributed by atoms with Gasteiger partial charge in [-0.05, 0) is 24.7 Å². The van der Waals surface area contributed by atoms with Crippen molar-refractivity contribution in [2.24, 2.45) is 0 Å². The Morgan fingerprint density at radius 3 is 2.31 bits per heavy atom. The van der Waals surface area contributed by atoms with E-state index in [0.29, 0.717) is 5.25 Å². The second-order valence-electron chi connectivity index (χ2n) is 4.17. The van der Waals surface area contributed by atoms with E-state index in [1.165, 1.54) is 10.5 Å². The summed E-state index contributed by atoms with van der Waals surface area (Å²) >= 11 is 1.86. The molecule has 0 aliphatic carbocycles. The molecule has 3 heteroatoms. The number of benzene rings is 1. The van der Waals surface area contributed by atoms with Crippen LogP contribution in [0.1, 0.15) is 25.3 Å². The highest BCUT2D eigenvalue weighted by Gasteiger charge is 2.09. The van der Waals surface area contributed by atoms with E-state index in [-0.39, 0.29) is 12.5 Å². The maximum Gasteiger partial charge on any atom is 0.0511 e. The molecular weight excluding hydrogens is 218 g/mol. The second kappa shape index (κ2) is 6.94. The number of aliphatic hydroxyl groups excluding tert-OH is 1. The van der Waals surface area contributed by atoms with Crippen LogP contribution in [0.2, 0.25) is 0 Å². The maximum atomic E-state index is 9.28. The van der Waals surface area contributed by atoms with Crippen molar-refractivity contribution in [3.05, 3.63) is 29.8 Å². The lowest BCUT2D eigenvalue weighted by atomic mass is 10.0. The fourth-order valence-electron chi connectivity index (χ4n) is 1.62. The van der Waals surface area contributed by atoms with Gasteiger partial charge in [-0.25, -0.2) is 0 Å². The minimum absolute atomic E-state index is 0.192. The van der Waals surface area contributed by atoms with Crippen LogP contribution in [0.5, 0.6) is 0 Å². The van der Waals surface area contributed by atoms with Crippen molar-refractivity contribution in [2.75, 3.05) is 20.2 Å². The average Bonchev–Trinajstić information content (AvgIpc) is 2.26. The van der Waals surface area contributed by atoms with Gasteiger partial charge in [0, 0.05) is 22.6 Å². The lowest BCUT2D eigenvalue weighted by Gasteiger charge is -2.14. The number of aliphatic hydroxyl groups is 1. The second-order valence-corrected chi connectivity index (χ2v) is 5.82. The third-order valence-electron chi connectivity index (χ3n) is 2.39. The van der Waals surface area contributed by atoms with Gasteiger partial charge in [-0.1, -0.05) is 26.0 Å². The van der Waals surface area contributed by atoms with Gasteiger partial charge in [-0.2, -0.15) is 0 Å². The van der Waals surface area contributed by atoms with Gasteiger partial charge >= 0.3 is 0 Å². The van der Waals surface area contributed by atoms with Gasteiger partial charge in [-0.3, -0.25) is 0 Å². The Morgan fingerprint density at radius 2 is 1.88 bits per heavy atom. The Balaban J connectivity index is 2.69. The van der Waals surface area contributed by atoms with Gasteiger partial charge in [0.25, 0.3) is 0 Å². The minimum Gasteiger partial charge on any atom is -0.396 e. The largest absolute Gasteiger partial charge is 0.396 e. The molecule has 16 heavy (non-hydrogen) atoms. The van der Waals surface area contributed by atoms with E-state index in [4.69, 9.17) is 0 Å². The van der Waals surface area contributed by atoms with E-state index >= 15 is 0 Å². The summed E-state index contributed by atoms with van der Waals surface area (Å²) < 4.78 is 0. The molecule has 0 amide bonds. The zero-order chi connectivity index (χ0) is 12.0. The summed E-state index contributed by atoms with van der Waals surface area (Å²) in [5.74, 6) is 0.197. The first-order valence-electron chi connectivity index (χ1n) is 5.69. The summed E-state index contributed by atoms with van der Waals surface area (Å²) in [5, 5.41) is 13.0. The molecule has 0 bridgehead atoms. The van der Waals surface area contributed by atoms with E-state index in [1.807, 2.05) is 18.8 Å². The number of hydrogen-bond acceptors (Lipinski definition) is 3. The molecule has 1 atom stereocenters. The van der Waals surface area contributed by atoms with Crippen molar-refractivity contribution in [1.82, 2.24) is 5.32 Å². The maximum absolute atomic E-state index is 9.28. The van der Waals surface area contributed by atoms with Crippen LogP contribution in [-0.2, 0) is 0 Å². The van der Waals surface area contributed by atoms with Gasteiger partial charge in [0.2, 0.25) is 0 Å². The normalized spacial score (nSPS) is 13.1. The van der Waals surface area contributed by atoms with Crippen LogP contribution in [0.15, 0.2) is 29.2 Å². The predicted octanol–water partition coefficient (Wildman–Crippen LogP) is 2.48. The molecule has 0 saturated heterocycles. The van der Waals surface area contributed by atoms with Crippen LogP contribution in [0.25, 0.3) is 0 Å². The first-order chi connectivity index (χ1) is 7.67. The van der Waals surface area contributed by atoms with Crippen LogP contribution >= 0.6 is 11.8 Å². The zero-order valence-electron chi connectivity index (χ0n) is 10.2. The summed E-state index contributed by atoms with van der Waals surface area (Å²) in [7, 11) is 1.91. The first-order valence-corrected chi connectivity index (χ1v) is 6.57. The topological polar surface area (TPSA) is 32.3 Å². The van der Waals surface area contributed by atoms with Crippen molar-refractivity contribution in [3.63, 3.8) is 0 Å². The van der Waals surface area contributed by atoms with Gasteiger partial charge < -0.3 is 10.4 Å². The molecule has 1 unspecified atom stereocenters. The van der Waals surface area contributed by atoms with Crippen molar-refractivity contribution in [1.29, 1.82) is 0 Å². The number of rotatable bonds is 6. The van der Waals surface area contributed by atoms with E-state index in [1.54, 1.807) is 0 Å². The molecule has 0 fully saturated rings. The fraction of sp³-hybridized carbons (Fsp3) is 0.538. The fourth-order valence-corrected chi connectivity index (χ4v) is 2.46. The van der Waals surface area contributed by atoms with Crippen molar-refractivity contribution in [3.8, 4) is 0 Å². The van der Waals surface area contributed by atoms with E-state index < -0.39 is 0 Å². The number of nitrogens with one attached hydrogen (secondary N) is 1. The Kier molecular flexibility index (Phi) is 5.88. The van der Waals surface area contributed by atoms with Crippen LogP contribution in [0.3, 0.4) is 0 Å². The summed E-state index contributed by atoms with van der Waals surface area (Å²) in [5.41, 5.74) is 1.20. The molecule has 0 aliphatic heterocycles. The number of hydrogen-bond donors (Lipinski definition) is 2. The Hall–Kier alpha value is -0.510. The van der Waals surface area contributed by atoms with Crippen LogP contribution in [0.4, 0.5) is 0 Å². The predicted molar refractivity (Wildman–Crippen MR) is 71.2 cm³/mol. The molecule has 0 spiro atoms. The lowest BCUT2D eigenvalue weighted by Crippen LogP contribution is -2.19. The van der Waals surface area contributed by atoms with Gasteiger partial charge in [0.1, 0.15) is 0 Å².